The maximum atomic E-state index is 11.4. The number of methoxy groups -OCH3 is 1. The lowest BCUT2D eigenvalue weighted by Gasteiger charge is -2.09. The summed E-state index contributed by atoms with van der Waals surface area (Å²) in [5.41, 5.74) is 6.17. The molecule has 0 aliphatic heterocycles. The zero-order chi connectivity index (χ0) is 12.1. The largest absolute Gasteiger partial charge is 0.495 e. The third-order valence-corrected chi connectivity index (χ3v) is 2.25. The Bertz CT molecular complexity index is 384. The van der Waals surface area contributed by atoms with Gasteiger partial charge in [-0.1, -0.05) is 11.6 Å². The minimum Gasteiger partial charge on any atom is -0.495 e. The number of nitrogens with one attached hydrogen (secondary N) is 1. The minimum atomic E-state index is -0.158. The Morgan fingerprint density at radius 1 is 1.59 bits per heavy atom. The first kappa shape index (κ1) is 16.0. The monoisotopic (exact) mass is 278 g/mol. The van der Waals surface area contributed by atoms with Gasteiger partial charge in [0.2, 0.25) is 5.91 Å². The third kappa shape index (κ3) is 5.26. The molecule has 1 aromatic carbocycles. The number of hydrogen-bond acceptors (Lipinski definition) is 3. The van der Waals surface area contributed by atoms with Crippen LogP contribution in [0.4, 0.5) is 5.69 Å². The van der Waals surface area contributed by atoms with Crippen molar-refractivity contribution in [3.05, 3.63) is 23.2 Å². The number of halogens is 2. The maximum absolute atomic E-state index is 11.4. The lowest BCUT2D eigenvalue weighted by molar-refractivity contribution is -0.116. The molecule has 1 atom stereocenters. The molecule has 0 fully saturated rings. The van der Waals surface area contributed by atoms with E-state index in [1.54, 1.807) is 25.1 Å². The van der Waals surface area contributed by atoms with Crippen molar-refractivity contribution in [1.82, 2.24) is 0 Å². The maximum Gasteiger partial charge on any atom is 0.225 e. The average molecular weight is 279 g/mol. The van der Waals surface area contributed by atoms with Crippen LogP contribution in [0.2, 0.25) is 5.02 Å². The van der Waals surface area contributed by atoms with E-state index in [1.807, 2.05) is 0 Å². The molecule has 96 valence electrons. The predicted octanol–water partition coefficient (Wildman–Crippen LogP) is 2.45. The molecular formula is C11H16Cl2N2O2. The number of benzene rings is 1. The number of rotatable bonds is 4. The molecule has 1 amide bonds. The zero-order valence-electron chi connectivity index (χ0n) is 9.70. The second kappa shape index (κ2) is 7.37. The van der Waals surface area contributed by atoms with Crippen molar-refractivity contribution in [2.75, 3.05) is 12.4 Å². The van der Waals surface area contributed by atoms with Gasteiger partial charge in [0.25, 0.3) is 0 Å². The van der Waals surface area contributed by atoms with Gasteiger partial charge < -0.3 is 15.8 Å². The van der Waals surface area contributed by atoms with E-state index >= 15 is 0 Å². The van der Waals surface area contributed by atoms with Crippen LogP contribution in [0.1, 0.15) is 13.3 Å². The molecule has 17 heavy (non-hydrogen) atoms. The van der Waals surface area contributed by atoms with Crippen LogP contribution in [0.15, 0.2) is 18.2 Å². The molecule has 1 aromatic rings. The molecule has 1 rings (SSSR count). The second-order valence-electron chi connectivity index (χ2n) is 3.58. The Labute approximate surface area is 112 Å². The molecule has 4 nitrogen and oxygen atoms in total. The van der Waals surface area contributed by atoms with Crippen molar-refractivity contribution >= 4 is 35.6 Å². The Hall–Kier alpha value is -0.970. The van der Waals surface area contributed by atoms with Crippen molar-refractivity contribution in [2.45, 2.75) is 19.4 Å². The van der Waals surface area contributed by atoms with Gasteiger partial charge in [-0.3, -0.25) is 4.79 Å². The highest BCUT2D eigenvalue weighted by Crippen LogP contribution is 2.27. The molecule has 0 aliphatic carbocycles. The van der Waals surface area contributed by atoms with Gasteiger partial charge in [0.1, 0.15) is 5.75 Å². The van der Waals surface area contributed by atoms with Crippen LogP contribution >= 0.6 is 24.0 Å². The Morgan fingerprint density at radius 2 is 2.24 bits per heavy atom. The highest BCUT2D eigenvalue weighted by Gasteiger charge is 2.07. The summed E-state index contributed by atoms with van der Waals surface area (Å²) in [6, 6.07) is 4.89. The van der Waals surface area contributed by atoms with E-state index in [2.05, 4.69) is 5.32 Å². The molecule has 0 heterocycles. The van der Waals surface area contributed by atoms with E-state index in [4.69, 9.17) is 22.1 Å². The fourth-order valence-electron chi connectivity index (χ4n) is 1.24. The fourth-order valence-corrected chi connectivity index (χ4v) is 1.44. The molecule has 0 bridgehead atoms. The lowest BCUT2D eigenvalue weighted by Crippen LogP contribution is -2.23. The van der Waals surface area contributed by atoms with Crippen LogP contribution in [-0.4, -0.2) is 19.1 Å². The molecule has 0 aromatic heterocycles. The molecule has 0 radical (unpaired) electrons. The van der Waals surface area contributed by atoms with Crippen LogP contribution in [0.5, 0.6) is 5.75 Å². The molecule has 3 N–H and O–H groups in total. The highest BCUT2D eigenvalue weighted by molar-refractivity contribution is 6.32. The standard InChI is InChI=1S/C11H15ClN2O2.ClH/c1-7(13)5-11(15)14-8-3-4-9(12)10(6-8)16-2;/h3-4,6-7H,5,13H2,1-2H3,(H,14,15);1H. The minimum absolute atomic E-state index is 0. The van der Waals surface area contributed by atoms with Crippen LogP contribution in [-0.2, 0) is 4.79 Å². The molecule has 0 spiro atoms. The number of amides is 1. The van der Waals surface area contributed by atoms with E-state index in [9.17, 15) is 4.79 Å². The van der Waals surface area contributed by atoms with E-state index in [1.165, 1.54) is 7.11 Å². The van der Waals surface area contributed by atoms with E-state index in [0.717, 1.165) is 0 Å². The van der Waals surface area contributed by atoms with E-state index < -0.39 is 0 Å². The summed E-state index contributed by atoms with van der Waals surface area (Å²) in [6.07, 6.45) is 0.283. The van der Waals surface area contributed by atoms with Gasteiger partial charge in [-0.25, -0.2) is 0 Å². The van der Waals surface area contributed by atoms with Crippen LogP contribution in [0.25, 0.3) is 0 Å². The van der Waals surface area contributed by atoms with Gasteiger partial charge in [-0.2, -0.15) is 0 Å². The summed E-state index contributed by atoms with van der Waals surface area (Å²) >= 11 is 5.86. The predicted molar refractivity (Wildman–Crippen MR) is 72.1 cm³/mol. The third-order valence-electron chi connectivity index (χ3n) is 1.94. The number of nitrogens with two attached hydrogens (primary N) is 1. The summed E-state index contributed by atoms with van der Waals surface area (Å²) in [5.74, 6) is 0.402. The molecular weight excluding hydrogens is 263 g/mol. The quantitative estimate of drug-likeness (QED) is 0.889. The van der Waals surface area contributed by atoms with Gasteiger partial charge in [0.15, 0.2) is 0 Å². The van der Waals surface area contributed by atoms with Crippen molar-refractivity contribution < 1.29 is 9.53 Å². The molecule has 0 saturated heterocycles. The first-order valence-corrected chi connectivity index (χ1v) is 5.29. The van der Waals surface area contributed by atoms with Crippen molar-refractivity contribution in [1.29, 1.82) is 0 Å². The van der Waals surface area contributed by atoms with Crippen molar-refractivity contribution in [3.63, 3.8) is 0 Å². The van der Waals surface area contributed by atoms with Gasteiger partial charge in [0.05, 0.1) is 12.1 Å². The molecule has 0 saturated carbocycles. The first-order chi connectivity index (χ1) is 7.52. The van der Waals surface area contributed by atoms with Crippen molar-refractivity contribution in [3.8, 4) is 5.75 Å². The SMILES string of the molecule is COc1cc(NC(=O)CC(C)N)ccc1Cl.Cl. The van der Waals surface area contributed by atoms with Gasteiger partial charge in [0, 0.05) is 24.2 Å². The Morgan fingerprint density at radius 3 is 2.76 bits per heavy atom. The number of anilines is 1. The summed E-state index contributed by atoms with van der Waals surface area (Å²) in [7, 11) is 1.52. The van der Waals surface area contributed by atoms with Gasteiger partial charge in [-0.05, 0) is 19.1 Å². The number of hydrogen-bond donors (Lipinski definition) is 2. The van der Waals surface area contributed by atoms with E-state index in [-0.39, 0.29) is 30.8 Å². The summed E-state index contributed by atoms with van der Waals surface area (Å²) in [6.45, 7) is 1.78. The normalized spacial score (nSPS) is 11.3. The summed E-state index contributed by atoms with van der Waals surface area (Å²) in [5, 5.41) is 3.22. The van der Waals surface area contributed by atoms with Gasteiger partial charge in [-0.15, -0.1) is 12.4 Å². The smallest absolute Gasteiger partial charge is 0.225 e. The highest BCUT2D eigenvalue weighted by atomic mass is 35.5. The fraction of sp³-hybridized carbons (Fsp3) is 0.364. The topological polar surface area (TPSA) is 64.3 Å². The van der Waals surface area contributed by atoms with Crippen molar-refractivity contribution in [2.24, 2.45) is 5.73 Å². The second-order valence-corrected chi connectivity index (χ2v) is 3.99. The van der Waals surface area contributed by atoms with Crippen LogP contribution < -0.4 is 15.8 Å². The Kier molecular flexibility index (Phi) is 6.95. The molecule has 1 unspecified atom stereocenters. The molecule has 0 aliphatic rings. The number of ether oxygens (including phenoxy) is 1. The van der Waals surface area contributed by atoms with E-state index in [0.29, 0.717) is 16.5 Å². The number of carbonyl (C=O) groups is 1. The summed E-state index contributed by atoms with van der Waals surface area (Å²) < 4.78 is 5.04. The average Bonchev–Trinajstić information content (AvgIpc) is 2.19. The van der Waals surface area contributed by atoms with Gasteiger partial charge >= 0.3 is 0 Å². The first-order valence-electron chi connectivity index (χ1n) is 4.92. The number of carbonyl (C=O) groups excluding carboxylic acids is 1. The zero-order valence-corrected chi connectivity index (χ0v) is 11.3. The van der Waals surface area contributed by atoms with Crippen LogP contribution in [0.3, 0.4) is 0 Å². The summed E-state index contributed by atoms with van der Waals surface area (Å²) in [4.78, 5) is 11.4. The molecule has 6 heteroatoms. The lowest BCUT2D eigenvalue weighted by atomic mass is 10.2. The Balaban J connectivity index is 0.00000256. The van der Waals surface area contributed by atoms with Crippen LogP contribution in [0, 0.1) is 0 Å².